The van der Waals surface area contributed by atoms with Gasteiger partial charge in [0.1, 0.15) is 0 Å². The average Bonchev–Trinajstić information content (AvgIpc) is 2.77. The molecule has 0 unspecified atom stereocenters. The lowest BCUT2D eigenvalue weighted by Gasteiger charge is -1.97. The zero-order valence-corrected chi connectivity index (χ0v) is 10.4. The zero-order chi connectivity index (χ0) is 12.8. The van der Waals surface area contributed by atoms with Crippen LogP contribution in [-0.2, 0) is 17.6 Å². The first kappa shape index (κ1) is 12.6. The molecule has 0 fully saturated rings. The second-order valence-corrected chi connectivity index (χ2v) is 4.12. The van der Waals surface area contributed by atoms with Crippen LogP contribution in [0.25, 0.3) is 0 Å². The van der Waals surface area contributed by atoms with Gasteiger partial charge in [-0.05, 0) is 24.1 Å². The molecule has 0 bridgehead atoms. The van der Waals surface area contributed by atoms with E-state index in [1.165, 1.54) is 0 Å². The van der Waals surface area contributed by atoms with E-state index in [0.29, 0.717) is 18.9 Å². The monoisotopic (exact) mass is 247 g/mol. The van der Waals surface area contributed by atoms with Crippen LogP contribution in [-0.4, -0.2) is 23.9 Å². The van der Waals surface area contributed by atoms with Crippen LogP contribution in [0.1, 0.15) is 23.7 Å². The van der Waals surface area contributed by atoms with E-state index in [-0.39, 0.29) is 0 Å². The first-order chi connectivity index (χ1) is 8.78. The van der Waals surface area contributed by atoms with Gasteiger partial charge in [0.2, 0.25) is 5.89 Å². The molecule has 5 nitrogen and oxygen atoms in total. The van der Waals surface area contributed by atoms with Gasteiger partial charge in [0, 0.05) is 25.8 Å². The maximum Gasteiger partial charge on any atom is 0.231 e. The Bertz CT molecular complexity index is 496. The minimum absolute atomic E-state index is 0.613. The fourth-order valence-electron chi connectivity index (χ4n) is 1.72. The molecule has 1 aromatic heterocycles. The van der Waals surface area contributed by atoms with E-state index in [1.807, 2.05) is 24.3 Å². The first-order valence-electron chi connectivity index (χ1n) is 5.93. The molecule has 0 saturated heterocycles. The van der Waals surface area contributed by atoms with Crippen LogP contribution < -0.4 is 5.73 Å². The Morgan fingerprint density at radius 2 is 2.28 bits per heavy atom. The molecule has 96 valence electrons. The Labute approximate surface area is 106 Å². The minimum atomic E-state index is 0.613. The number of methoxy groups -OCH3 is 1. The lowest BCUT2D eigenvalue weighted by molar-refractivity contribution is 0.194. The molecule has 0 saturated carbocycles. The molecule has 0 spiro atoms. The highest BCUT2D eigenvalue weighted by molar-refractivity contribution is 5.41. The summed E-state index contributed by atoms with van der Waals surface area (Å²) < 4.78 is 10.2. The summed E-state index contributed by atoms with van der Waals surface area (Å²) in [6, 6.07) is 7.67. The van der Waals surface area contributed by atoms with E-state index in [2.05, 4.69) is 10.1 Å². The van der Waals surface area contributed by atoms with E-state index in [9.17, 15) is 0 Å². The van der Waals surface area contributed by atoms with E-state index in [1.54, 1.807) is 7.11 Å². The quantitative estimate of drug-likeness (QED) is 0.622. The predicted octanol–water partition coefficient (Wildman–Crippen LogP) is 1.82. The first-order valence-corrected chi connectivity index (χ1v) is 5.93. The number of nitrogen functional groups attached to an aromatic ring is 1. The Hall–Kier alpha value is -1.88. The lowest BCUT2D eigenvalue weighted by atomic mass is 10.1. The highest BCUT2D eigenvalue weighted by Gasteiger charge is 2.07. The van der Waals surface area contributed by atoms with Gasteiger partial charge in [-0.3, -0.25) is 0 Å². The van der Waals surface area contributed by atoms with Gasteiger partial charge >= 0.3 is 0 Å². The SMILES string of the molecule is COCCCc1noc(Cc2cccc(N)c2)n1. The molecule has 2 rings (SSSR count). The lowest BCUT2D eigenvalue weighted by Crippen LogP contribution is -1.95. The van der Waals surface area contributed by atoms with Crippen molar-refractivity contribution in [3.63, 3.8) is 0 Å². The maximum atomic E-state index is 5.72. The largest absolute Gasteiger partial charge is 0.399 e. The zero-order valence-electron chi connectivity index (χ0n) is 10.4. The van der Waals surface area contributed by atoms with Crippen LogP contribution >= 0.6 is 0 Å². The summed E-state index contributed by atoms with van der Waals surface area (Å²) >= 11 is 0. The molecule has 2 aromatic rings. The molecule has 1 aromatic carbocycles. The summed E-state index contributed by atoms with van der Waals surface area (Å²) in [5, 5.41) is 3.93. The van der Waals surface area contributed by atoms with Gasteiger partial charge in [-0.1, -0.05) is 17.3 Å². The highest BCUT2D eigenvalue weighted by Crippen LogP contribution is 2.11. The fourth-order valence-corrected chi connectivity index (χ4v) is 1.72. The van der Waals surface area contributed by atoms with Gasteiger partial charge in [0.25, 0.3) is 0 Å². The van der Waals surface area contributed by atoms with Crippen LogP contribution in [0.5, 0.6) is 0 Å². The van der Waals surface area contributed by atoms with Crippen LogP contribution in [0.2, 0.25) is 0 Å². The van der Waals surface area contributed by atoms with Gasteiger partial charge < -0.3 is 15.0 Å². The molecule has 0 atom stereocenters. The van der Waals surface area contributed by atoms with E-state index in [0.717, 1.165) is 29.9 Å². The Morgan fingerprint density at radius 1 is 1.39 bits per heavy atom. The molecular formula is C13H17N3O2. The Kier molecular flexibility index (Phi) is 4.30. The number of hydrogen-bond donors (Lipinski definition) is 1. The van der Waals surface area contributed by atoms with Crippen molar-refractivity contribution < 1.29 is 9.26 Å². The van der Waals surface area contributed by atoms with Gasteiger partial charge in [0.15, 0.2) is 5.82 Å². The molecule has 0 amide bonds. The van der Waals surface area contributed by atoms with E-state index in [4.69, 9.17) is 15.0 Å². The summed E-state index contributed by atoms with van der Waals surface area (Å²) in [4.78, 5) is 4.33. The number of aromatic nitrogens is 2. The van der Waals surface area contributed by atoms with Crippen molar-refractivity contribution in [2.75, 3.05) is 19.5 Å². The van der Waals surface area contributed by atoms with Crippen molar-refractivity contribution in [3.05, 3.63) is 41.5 Å². The summed E-state index contributed by atoms with van der Waals surface area (Å²) in [6.45, 7) is 0.707. The average molecular weight is 247 g/mol. The number of ether oxygens (including phenoxy) is 1. The van der Waals surface area contributed by atoms with Crippen molar-refractivity contribution in [2.45, 2.75) is 19.3 Å². The van der Waals surface area contributed by atoms with Crippen molar-refractivity contribution in [1.82, 2.24) is 10.1 Å². The van der Waals surface area contributed by atoms with Gasteiger partial charge in [-0.2, -0.15) is 4.98 Å². The van der Waals surface area contributed by atoms with Crippen LogP contribution in [0.3, 0.4) is 0 Å². The van der Waals surface area contributed by atoms with Crippen LogP contribution in [0.15, 0.2) is 28.8 Å². The maximum absolute atomic E-state index is 5.72. The molecule has 0 aliphatic carbocycles. The van der Waals surface area contributed by atoms with Crippen LogP contribution in [0.4, 0.5) is 5.69 Å². The summed E-state index contributed by atoms with van der Waals surface area (Å²) in [6.07, 6.45) is 2.28. The third kappa shape index (κ3) is 3.56. The Balaban J connectivity index is 1.94. The summed E-state index contributed by atoms with van der Waals surface area (Å²) in [7, 11) is 1.68. The molecule has 0 aliphatic heterocycles. The van der Waals surface area contributed by atoms with Crippen LogP contribution in [0, 0.1) is 0 Å². The smallest absolute Gasteiger partial charge is 0.231 e. The minimum Gasteiger partial charge on any atom is -0.399 e. The number of hydrogen-bond acceptors (Lipinski definition) is 5. The number of rotatable bonds is 6. The second-order valence-electron chi connectivity index (χ2n) is 4.12. The second kappa shape index (κ2) is 6.16. The normalized spacial score (nSPS) is 10.7. The topological polar surface area (TPSA) is 74.2 Å². The summed E-state index contributed by atoms with van der Waals surface area (Å²) in [5.74, 6) is 1.35. The molecule has 0 radical (unpaired) electrons. The molecule has 2 N–H and O–H groups in total. The van der Waals surface area contributed by atoms with Crippen molar-refractivity contribution in [1.29, 1.82) is 0 Å². The van der Waals surface area contributed by atoms with Gasteiger partial charge in [0.05, 0.1) is 6.42 Å². The summed E-state index contributed by atoms with van der Waals surface area (Å²) in [5.41, 5.74) is 7.53. The van der Waals surface area contributed by atoms with Crippen molar-refractivity contribution in [3.8, 4) is 0 Å². The third-order valence-electron chi connectivity index (χ3n) is 2.57. The van der Waals surface area contributed by atoms with E-state index < -0.39 is 0 Å². The molecule has 18 heavy (non-hydrogen) atoms. The fraction of sp³-hybridized carbons (Fsp3) is 0.385. The van der Waals surface area contributed by atoms with Crippen molar-refractivity contribution >= 4 is 5.69 Å². The van der Waals surface area contributed by atoms with Gasteiger partial charge in [-0.15, -0.1) is 0 Å². The number of nitrogens with two attached hydrogens (primary N) is 1. The molecule has 5 heteroatoms. The molecular weight excluding hydrogens is 230 g/mol. The number of nitrogens with zero attached hydrogens (tertiary/aromatic N) is 2. The number of anilines is 1. The standard InChI is InChI=1S/C13H17N3O2/c1-17-7-3-6-12-15-13(18-16-12)9-10-4-2-5-11(14)8-10/h2,4-5,8H,3,6-7,9,14H2,1H3. The highest BCUT2D eigenvalue weighted by atomic mass is 16.5. The predicted molar refractivity (Wildman–Crippen MR) is 68.2 cm³/mol. The molecule has 0 aliphatic rings. The number of benzene rings is 1. The number of aryl methyl sites for hydroxylation is 1. The molecule has 1 heterocycles. The third-order valence-corrected chi connectivity index (χ3v) is 2.57. The van der Waals surface area contributed by atoms with Gasteiger partial charge in [-0.25, -0.2) is 0 Å². The van der Waals surface area contributed by atoms with Crippen molar-refractivity contribution in [2.24, 2.45) is 0 Å². The Morgan fingerprint density at radius 3 is 3.06 bits per heavy atom. The van der Waals surface area contributed by atoms with E-state index >= 15 is 0 Å².